The highest BCUT2D eigenvalue weighted by atomic mass is 32.1. The van der Waals surface area contributed by atoms with E-state index in [9.17, 15) is 0 Å². The van der Waals surface area contributed by atoms with Gasteiger partial charge in [-0.3, -0.25) is 5.43 Å². The van der Waals surface area contributed by atoms with E-state index in [1.165, 1.54) is 25.7 Å². The maximum absolute atomic E-state index is 5.68. The van der Waals surface area contributed by atoms with Gasteiger partial charge in [0.2, 0.25) is 0 Å². The van der Waals surface area contributed by atoms with E-state index in [4.69, 9.17) is 18.0 Å². The summed E-state index contributed by atoms with van der Waals surface area (Å²) >= 11 is 5.33. The molecule has 0 aliphatic heterocycles. The molecule has 21 heavy (non-hydrogen) atoms. The van der Waals surface area contributed by atoms with Crippen LogP contribution in [0.15, 0.2) is 29.4 Å². The average molecular weight is 304 g/mol. The van der Waals surface area contributed by atoms with Crippen LogP contribution >= 0.6 is 12.2 Å². The maximum atomic E-state index is 5.68. The molecule has 1 aromatic rings. The number of anilines is 1. The summed E-state index contributed by atoms with van der Waals surface area (Å²) in [5.41, 5.74) is 11.3. The van der Waals surface area contributed by atoms with Crippen molar-refractivity contribution in [3.63, 3.8) is 0 Å². The molecule has 0 spiro atoms. The molecule has 2 atom stereocenters. The lowest BCUT2D eigenvalue weighted by Gasteiger charge is -2.30. The Kier molecular flexibility index (Phi) is 5.56. The summed E-state index contributed by atoms with van der Waals surface area (Å²) in [6.45, 7) is 4.23. The lowest BCUT2D eigenvalue weighted by Crippen LogP contribution is -2.44. The van der Waals surface area contributed by atoms with Crippen LogP contribution in [-0.4, -0.2) is 16.9 Å². The number of rotatable bonds is 3. The van der Waals surface area contributed by atoms with Crippen molar-refractivity contribution in [1.82, 2.24) is 10.7 Å². The lowest BCUT2D eigenvalue weighted by molar-refractivity contribution is 0.308. The number of hydrogen-bond acceptors (Lipinski definition) is 3. The van der Waals surface area contributed by atoms with Crippen LogP contribution in [0.2, 0.25) is 0 Å². The van der Waals surface area contributed by atoms with E-state index in [0.717, 1.165) is 17.0 Å². The number of benzene rings is 1. The Morgan fingerprint density at radius 2 is 1.90 bits per heavy atom. The number of thiocarbonyl (C=S) groups is 1. The van der Waals surface area contributed by atoms with Crippen molar-refractivity contribution in [2.24, 2.45) is 11.0 Å². The zero-order chi connectivity index (χ0) is 15.2. The van der Waals surface area contributed by atoms with Gasteiger partial charge in [0.1, 0.15) is 0 Å². The quantitative estimate of drug-likeness (QED) is 0.348. The van der Waals surface area contributed by atoms with Gasteiger partial charge in [-0.2, -0.15) is 5.10 Å². The molecule has 114 valence electrons. The van der Waals surface area contributed by atoms with Gasteiger partial charge in [0.25, 0.3) is 0 Å². The summed E-state index contributed by atoms with van der Waals surface area (Å²) in [5, 5.41) is 8.31. The Bertz CT molecular complexity index is 510. The minimum atomic E-state index is 0.464. The van der Waals surface area contributed by atoms with Gasteiger partial charge in [-0.15, -0.1) is 0 Å². The highest BCUT2D eigenvalue weighted by Gasteiger charge is 2.21. The molecule has 1 saturated carbocycles. The Morgan fingerprint density at radius 3 is 2.57 bits per heavy atom. The Morgan fingerprint density at radius 1 is 1.24 bits per heavy atom. The summed E-state index contributed by atoms with van der Waals surface area (Å²) < 4.78 is 0. The molecule has 2 rings (SSSR count). The van der Waals surface area contributed by atoms with E-state index in [-0.39, 0.29) is 0 Å². The number of hydrazone groups is 1. The van der Waals surface area contributed by atoms with Gasteiger partial charge >= 0.3 is 0 Å². The van der Waals surface area contributed by atoms with E-state index < -0.39 is 0 Å². The van der Waals surface area contributed by atoms with Gasteiger partial charge < -0.3 is 11.1 Å². The molecule has 1 aliphatic carbocycles. The second-order valence-electron chi connectivity index (χ2n) is 5.77. The molecular formula is C16H24N4S. The SMILES string of the molecule is C/C(=N/NC(=S)N[C@@H]1CCCC[C@H]1C)c1ccc(N)cc1. The van der Waals surface area contributed by atoms with Crippen LogP contribution < -0.4 is 16.5 Å². The third-order valence-electron chi connectivity index (χ3n) is 4.08. The molecule has 4 N–H and O–H groups in total. The maximum Gasteiger partial charge on any atom is 0.187 e. The first-order valence-electron chi connectivity index (χ1n) is 7.53. The van der Waals surface area contributed by atoms with Crippen molar-refractivity contribution >= 4 is 28.7 Å². The number of hydrogen-bond donors (Lipinski definition) is 3. The molecule has 0 unspecified atom stereocenters. The smallest absolute Gasteiger partial charge is 0.187 e. The first kappa shape index (κ1) is 15.8. The highest BCUT2D eigenvalue weighted by molar-refractivity contribution is 7.80. The fourth-order valence-corrected chi connectivity index (χ4v) is 2.85. The molecule has 0 amide bonds. The summed E-state index contributed by atoms with van der Waals surface area (Å²) in [6.07, 6.45) is 5.06. The molecule has 0 aromatic heterocycles. The van der Waals surface area contributed by atoms with Crippen LogP contribution in [0.1, 0.15) is 45.1 Å². The van der Waals surface area contributed by atoms with Crippen molar-refractivity contribution < 1.29 is 0 Å². The molecule has 4 nitrogen and oxygen atoms in total. The fraction of sp³-hybridized carbons (Fsp3) is 0.500. The van der Waals surface area contributed by atoms with E-state index in [1.54, 1.807) is 0 Å². The molecule has 1 aliphatic rings. The first-order chi connectivity index (χ1) is 10.1. The number of nitrogens with one attached hydrogen (secondary N) is 2. The van der Waals surface area contributed by atoms with Crippen molar-refractivity contribution in [3.8, 4) is 0 Å². The van der Waals surface area contributed by atoms with Gasteiger partial charge in [0.15, 0.2) is 5.11 Å². The second-order valence-corrected chi connectivity index (χ2v) is 6.18. The number of nitrogens with zero attached hydrogens (tertiary/aromatic N) is 1. The van der Waals surface area contributed by atoms with Crippen LogP contribution in [0.3, 0.4) is 0 Å². The van der Waals surface area contributed by atoms with E-state index in [1.807, 2.05) is 31.2 Å². The highest BCUT2D eigenvalue weighted by Crippen LogP contribution is 2.23. The van der Waals surface area contributed by atoms with Crippen LogP contribution in [0.5, 0.6) is 0 Å². The monoisotopic (exact) mass is 304 g/mol. The minimum absolute atomic E-state index is 0.464. The topological polar surface area (TPSA) is 62.4 Å². The summed E-state index contributed by atoms with van der Waals surface area (Å²) in [7, 11) is 0. The van der Waals surface area contributed by atoms with Gasteiger partial charge in [-0.25, -0.2) is 0 Å². The minimum Gasteiger partial charge on any atom is -0.399 e. The van der Waals surface area contributed by atoms with Crippen molar-refractivity contribution in [2.75, 3.05) is 5.73 Å². The fourth-order valence-electron chi connectivity index (χ4n) is 2.65. The van der Waals surface area contributed by atoms with Crippen LogP contribution in [0.4, 0.5) is 5.69 Å². The van der Waals surface area contributed by atoms with E-state index in [0.29, 0.717) is 17.1 Å². The third kappa shape index (κ3) is 4.70. The van der Waals surface area contributed by atoms with Gasteiger partial charge in [-0.1, -0.05) is 31.9 Å². The van der Waals surface area contributed by atoms with Crippen LogP contribution in [-0.2, 0) is 0 Å². The molecular weight excluding hydrogens is 280 g/mol. The van der Waals surface area contributed by atoms with E-state index in [2.05, 4.69) is 22.8 Å². The summed E-state index contributed by atoms with van der Waals surface area (Å²) in [4.78, 5) is 0. The van der Waals surface area contributed by atoms with Crippen molar-refractivity contribution in [3.05, 3.63) is 29.8 Å². The van der Waals surface area contributed by atoms with Crippen molar-refractivity contribution in [2.45, 2.75) is 45.6 Å². The summed E-state index contributed by atoms with van der Waals surface area (Å²) in [5.74, 6) is 0.667. The number of nitrogens with two attached hydrogens (primary N) is 1. The Hall–Kier alpha value is -1.62. The van der Waals surface area contributed by atoms with Crippen LogP contribution in [0, 0.1) is 5.92 Å². The second kappa shape index (κ2) is 7.41. The molecule has 0 bridgehead atoms. The van der Waals surface area contributed by atoms with Crippen LogP contribution in [0.25, 0.3) is 0 Å². The Labute approximate surface area is 132 Å². The lowest BCUT2D eigenvalue weighted by atomic mass is 9.86. The van der Waals surface area contributed by atoms with Gasteiger partial charge in [0.05, 0.1) is 5.71 Å². The molecule has 0 heterocycles. The van der Waals surface area contributed by atoms with Crippen molar-refractivity contribution in [1.29, 1.82) is 0 Å². The molecule has 0 radical (unpaired) electrons. The van der Waals surface area contributed by atoms with E-state index >= 15 is 0 Å². The Balaban J connectivity index is 1.87. The third-order valence-corrected chi connectivity index (χ3v) is 4.29. The van der Waals surface area contributed by atoms with Gasteiger partial charge in [0, 0.05) is 11.7 Å². The standard InChI is InChI=1S/C16H24N4S/c1-11-5-3-4-6-15(11)18-16(21)20-19-12(2)13-7-9-14(17)10-8-13/h7-11,15H,3-6,17H2,1-2H3,(H2,18,20,21)/b19-12-/t11-,15-/m1/s1. The zero-order valence-corrected chi connectivity index (χ0v) is 13.5. The molecule has 5 heteroatoms. The largest absolute Gasteiger partial charge is 0.399 e. The zero-order valence-electron chi connectivity index (χ0n) is 12.7. The molecule has 1 fully saturated rings. The van der Waals surface area contributed by atoms with Gasteiger partial charge in [-0.05, 0) is 55.6 Å². The first-order valence-corrected chi connectivity index (χ1v) is 7.94. The molecule has 1 aromatic carbocycles. The molecule has 0 saturated heterocycles. The predicted molar refractivity (Wildman–Crippen MR) is 93.4 cm³/mol. The average Bonchev–Trinajstić information content (AvgIpc) is 2.48. The normalized spacial score (nSPS) is 22.7. The summed E-state index contributed by atoms with van der Waals surface area (Å²) in [6, 6.07) is 8.11. The predicted octanol–water partition coefficient (Wildman–Crippen LogP) is 3.04. The number of nitrogen functional groups attached to an aromatic ring is 1.